The number of carboxylic acids is 1. The van der Waals surface area contributed by atoms with Crippen LogP contribution in [0.2, 0.25) is 0 Å². The first-order valence-corrected chi connectivity index (χ1v) is 9.51. The van der Waals surface area contributed by atoms with Crippen LogP contribution in [0.1, 0.15) is 18.0 Å². The van der Waals surface area contributed by atoms with E-state index in [9.17, 15) is 33.4 Å². The monoisotopic (exact) mass is 503 g/mol. The molecule has 0 radical (unpaired) electrons. The second-order valence-electron chi connectivity index (χ2n) is 6.95. The molecule has 2 aromatic carbocycles. The largest absolute Gasteiger partial charge is 1.00 e. The molecule has 1 atom stereocenters. The molecular formula is C22H17F2N3Na2O6. The molecule has 0 spiro atoms. The second-order valence-corrected chi connectivity index (χ2v) is 6.95. The Morgan fingerprint density at radius 1 is 1.11 bits per heavy atom. The maximum atomic E-state index is 13.9. The van der Waals surface area contributed by atoms with Crippen molar-refractivity contribution in [2.75, 3.05) is 5.32 Å². The normalized spacial score (nSPS) is 10.8. The van der Waals surface area contributed by atoms with E-state index in [4.69, 9.17) is 4.74 Å². The Morgan fingerprint density at radius 2 is 1.83 bits per heavy atom. The summed E-state index contributed by atoms with van der Waals surface area (Å²) >= 11 is 0. The molecule has 0 aliphatic carbocycles. The van der Waals surface area contributed by atoms with Crippen LogP contribution >= 0.6 is 0 Å². The van der Waals surface area contributed by atoms with Crippen LogP contribution in [0, 0.1) is 11.6 Å². The van der Waals surface area contributed by atoms with Gasteiger partial charge in [-0.15, -0.1) is 0 Å². The maximum Gasteiger partial charge on any atom is 1.00 e. The molecular weight excluding hydrogens is 486 g/mol. The SMILES string of the molecule is Cn1ccc([O-])c(NC(=O)N[C@@H](CC(=O)[O-])c2cccc(Oc3ccc(F)cc3F)c2)c1=O.[Na+].[Na+]. The number of benzene rings is 2. The van der Waals surface area contributed by atoms with Crippen LogP contribution in [0.5, 0.6) is 17.2 Å². The van der Waals surface area contributed by atoms with Crippen molar-refractivity contribution in [3.63, 3.8) is 0 Å². The number of urea groups is 1. The number of aryl methyl sites for hydroxylation is 1. The van der Waals surface area contributed by atoms with Crippen LogP contribution in [0.25, 0.3) is 0 Å². The number of pyridine rings is 1. The average molecular weight is 503 g/mol. The molecule has 0 saturated heterocycles. The van der Waals surface area contributed by atoms with Gasteiger partial charge in [-0.05, 0) is 29.8 Å². The van der Waals surface area contributed by atoms with Gasteiger partial charge in [0.15, 0.2) is 11.6 Å². The smallest absolute Gasteiger partial charge is 0.871 e. The fourth-order valence-electron chi connectivity index (χ4n) is 2.93. The first-order chi connectivity index (χ1) is 15.6. The molecule has 0 unspecified atom stereocenters. The van der Waals surface area contributed by atoms with E-state index >= 15 is 0 Å². The summed E-state index contributed by atoms with van der Waals surface area (Å²) in [6.45, 7) is 0. The van der Waals surface area contributed by atoms with Gasteiger partial charge in [-0.25, -0.2) is 13.6 Å². The van der Waals surface area contributed by atoms with Gasteiger partial charge in [-0.3, -0.25) is 4.79 Å². The number of rotatable bonds is 7. The summed E-state index contributed by atoms with van der Waals surface area (Å²) in [5.41, 5.74) is -1.00. The Bertz CT molecular complexity index is 1270. The predicted octanol–water partition coefficient (Wildman–Crippen LogP) is -4.46. The molecule has 172 valence electrons. The van der Waals surface area contributed by atoms with E-state index in [-0.39, 0.29) is 76.2 Å². The van der Waals surface area contributed by atoms with E-state index in [1.54, 1.807) is 0 Å². The number of aliphatic carboxylic acids is 1. The third kappa shape index (κ3) is 8.34. The molecule has 0 aliphatic heterocycles. The molecule has 0 saturated carbocycles. The van der Waals surface area contributed by atoms with Gasteiger partial charge in [0.25, 0.3) is 5.56 Å². The molecule has 0 fully saturated rings. The van der Waals surface area contributed by atoms with Gasteiger partial charge in [0.1, 0.15) is 17.3 Å². The minimum atomic E-state index is -1.49. The van der Waals surface area contributed by atoms with Crippen LogP contribution in [-0.4, -0.2) is 16.6 Å². The van der Waals surface area contributed by atoms with Crippen molar-refractivity contribution in [1.29, 1.82) is 0 Å². The Balaban J connectivity index is 0.00000306. The van der Waals surface area contributed by atoms with E-state index < -0.39 is 53.1 Å². The van der Waals surface area contributed by atoms with Crippen LogP contribution in [0.3, 0.4) is 0 Å². The van der Waals surface area contributed by atoms with E-state index in [1.807, 2.05) is 0 Å². The maximum absolute atomic E-state index is 13.9. The standard InChI is InChI=1S/C22H19F2N3O6.2Na/c1-27-8-7-17(28)20(21(27)31)26-22(32)25-16(11-19(29)30)12-3-2-4-14(9-12)33-18-6-5-13(23)10-15(18)24;;/h2-10,16,28H,11H2,1H3,(H,29,30)(H2,25,26,32);;/q;2*+1/p-2/t16-;;/m0../s1. The molecule has 0 bridgehead atoms. The number of carbonyl (C=O) groups is 2. The van der Waals surface area contributed by atoms with E-state index in [1.165, 1.54) is 37.5 Å². The van der Waals surface area contributed by atoms with Gasteiger partial charge in [0.2, 0.25) is 0 Å². The Kier molecular flexibility index (Phi) is 11.9. The number of aromatic nitrogens is 1. The fraction of sp³-hybridized carbons (Fsp3) is 0.136. The van der Waals surface area contributed by atoms with Crippen molar-refractivity contribution in [2.24, 2.45) is 7.05 Å². The number of carboxylic acid groups (broad SMARTS) is 1. The number of ether oxygens (including phenoxy) is 1. The fourth-order valence-corrected chi connectivity index (χ4v) is 2.93. The summed E-state index contributed by atoms with van der Waals surface area (Å²) in [6, 6.07) is 7.40. The van der Waals surface area contributed by atoms with Crippen molar-refractivity contribution in [3.05, 3.63) is 82.3 Å². The van der Waals surface area contributed by atoms with Crippen molar-refractivity contribution in [1.82, 2.24) is 9.88 Å². The molecule has 2 N–H and O–H groups in total. The molecule has 1 heterocycles. The van der Waals surface area contributed by atoms with Crippen LogP contribution in [0.15, 0.2) is 59.5 Å². The molecule has 2 amide bonds. The zero-order valence-electron chi connectivity index (χ0n) is 19.1. The van der Waals surface area contributed by atoms with Gasteiger partial charge in [-0.1, -0.05) is 23.9 Å². The minimum Gasteiger partial charge on any atom is -0.871 e. The predicted molar refractivity (Wildman–Crippen MR) is 109 cm³/mol. The number of hydrogen-bond donors (Lipinski definition) is 2. The minimum absolute atomic E-state index is 0. The van der Waals surface area contributed by atoms with Crippen LogP contribution < -0.4 is 90.3 Å². The number of carbonyl (C=O) groups excluding carboxylic acids is 2. The number of nitrogens with zero attached hydrogens (tertiary/aromatic N) is 1. The molecule has 9 nitrogen and oxygen atoms in total. The first-order valence-electron chi connectivity index (χ1n) is 9.51. The van der Waals surface area contributed by atoms with Gasteiger partial charge >= 0.3 is 65.1 Å². The second kappa shape index (κ2) is 13.6. The Hall–Kier alpha value is -2.41. The zero-order valence-corrected chi connectivity index (χ0v) is 23.1. The molecule has 13 heteroatoms. The number of anilines is 1. The zero-order chi connectivity index (χ0) is 24.1. The van der Waals surface area contributed by atoms with Gasteiger partial charge < -0.3 is 34.9 Å². The number of halogens is 2. The van der Waals surface area contributed by atoms with Gasteiger partial charge in [0.05, 0.1) is 6.04 Å². The van der Waals surface area contributed by atoms with Crippen LogP contribution in [0.4, 0.5) is 19.3 Å². The number of nitrogens with one attached hydrogen (secondary N) is 2. The summed E-state index contributed by atoms with van der Waals surface area (Å²) < 4.78 is 33.4. The Labute approximate surface area is 242 Å². The molecule has 3 aromatic rings. The number of hydrogen-bond acceptors (Lipinski definition) is 6. The average Bonchev–Trinajstić information content (AvgIpc) is 2.75. The topological polar surface area (TPSA) is 136 Å². The van der Waals surface area contributed by atoms with Crippen molar-refractivity contribution < 1.29 is 92.4 Å². The molecule has 3 rings (SSSR count). The quantitative estimate of drug-likeness (QED) is 0.313. The van der Waals surface area contributed by atoms with Crippen molar-refractivity contribution in [3.8, 4) is 17.2 Å². The number of amides is 2. The molecule has 1 aromatic heterocycles. The summed E-state index contributed by atoms with van der Waals surface area (Å²) in [6.07, 6.45) is 0.584. The van der Waals surface area contributed by atoms with Crippen molar-refractivity contribution in [2.45, 2.75) is 12.5 Å². The third-order valence-electron chi connectivity index (χ3n) is 4.53. The Morgan fingerprint density at radius 3 is 2.49 bits per heavy atom. The van der Waals surface area contributed by atoms with E-state index in [0.717, 1.165) is 22.8 Å². The van der Waals surface area contributed by atoms with Crippen molar-refractivity contribution >= 4 is 17.7 Å². The van der Waals surface area contributed by atoms with Gasteiger partial charge in [0, 0.05) is 31.7 Å². The van der Waals surface area contributed by atoms with Crippen LogP contribution in [-0.2, 0) is 11.8 Å². The van der Waals surface area contributed by atoms with E-state index in [2.05, 4.69) is 10.6 Å². The summed E-state index contributed by atoms with van der Waals surface area (Å²) in [4.78, 5) is 35.7. The van der Waals surface area contributed by atoms with E-state index in [0.29, 0.717) is 6.07 Å². The van der Waals surface area contributed by atoms with Gasteiger partial charge in [-0.2, -0.15) is 0 Å². The summed E-state index contributed by atoms with van der Waals surface area (Å²) in [7, 11) is 1.39. The molecule has 35 heavy (non-hydrogen) atoms. The first kappa shape index (κ1) is 30.6. The third-order valence-corrected chi connectivity index (χ3v) is 4.53. The molecule has 0 aliphatic rings. The summed E-state index contributed by atoms with van der Waals surface area (Å²) in [5.74, 6) is -4.12. The summed E-state index contributed by atoms with van der Waals surface area (Å²) in [5, 5.41) is 27.6.